The van der Waals surface area contributed by atoms with Crippen molar-refractivity contribution in [1.82, 2.24) is 15.2 Å². The molecule has 5 atom stereocenters. The number of hydrogen-bond acceptors (Lipinski definition) is 8. The van der Waals surface area contributed by atoms with Crippen LogP contribution in [0.4, 0.5) is 0 Å². The second kappa shape index (κ2) is 11.6. The minimum Gasteiger partial charge on any atom is -0.399 e. The minimum atomic E-state index is -0.962. The van der Waals surface area contributed by atoms with Gasteiger partial charge in [-0.25, -0.2) is 5.84 Å². The van der Waals surface area contributed by atoms with E-state index in [1.165, 1.54) is 5.01 Å². The largest absolute Gasteiger partial charge is 0.399 e. The zero-order chi connectivity index (χ0) is 31.1. The zero-order valence-corrected chi connectivity index (χ0v) is 24.7. The summed E-state index contributed by atoms with van der Waals surface area (Å²) in [5, 5.41) is 22.8. The van der Waals surface area contributed by atoms with Gasteiger partial charge in [0, 0.05) is 37.1 Å². The van der Waals surface area contributed by atoms with E-state index >= 15 is 0 Å². The fourth-order valence-corrected chi connectivity index (χ4v) is 7.09. The topological polar surface area (TPSA) is 179 Å². The molecule has 1 saturated carbocycles. The van der Waals surface area contributed by atoms with Crippen LogP contribution in [0.2, 0.25) is 0 Å². The maximum atomic E-state index is 13.3. The predicted molar refractivity (Wildman–Crippen MR) is 167 cm³/mol. The summed E-state index contributed by atoms with van der Waals surface area (Å²) in [6, 6.07) is 13.3. The lowest BCUT2D eigenvalue weighted by atomic mass is 9.67. The number of hydrazine groups is 1. The first-order valence-electron chi connectivity index (χ1n) is 14.5. The quantitative estimate of drug-likeness (QED) is 0.151. The van der Waals surface area contributed by atoms with Gasteiger partial charge in [0.15, 0.2) is 5.84 Å². The number of likely N-dealkylation sites (N-methyl/N-ethyl adjacent to an activating group) is 1. The van der Waals surface area contributed by atoms with Crippen molar-refractivity contribution < 1.29 is 9.59 Å². The van der Waals surface area contributed by atoms with Crippen molar-refractivity contribution in [3.05, 3.63) is 76.4 Å². The van der Waals surface area contributed by atoms with E-state index in [0.717, 1.165) is 40.7 Å². The number of nitriles is 1. The first kappa shape index (κ1) is 29.9. The zero-order valence-electron chi connectivity index (χ0n) is 24.7. The Morgan fingerprint density at radius 1 is 1.16 bits per heavy atom. The summed E-state index contributed by atoms with van der Waals surface area (Å²) in [5.41, 5.74) is 16.3. The highest BCUT2D eigenvalue weighted by molar-refractivity contribution is 5.98. The number of amidine groups is 1. The van der Waals surface area contributed by atoms with E-state index in [0.29, 0.717) is 42.3 Å². The normalized spacial score (nSPS) is 24.5. The van der Waals surface area contributed by atoms with E-state index in [4.69, 9.17) is 17.3 Å². The number of nitrogens with one attached hydrogen (secondary N) is 1. The summed E-state index contributed by atoms with van der Waals surface area (Å²) >= 11 is 0. The summed E-state index contributed by atoms with van der Waals surface area (Å²) in [7, 11) is 1.70. The fourth-order valence-electron chi connectivity index (χ4n) is 7.09. The molecule has 3 aliphatic rings. The van der Waals surface area contributed by atoms with Crippen molar-refractivity contribution in [2.24, 2.45) is 33.4 Å². The molecule has 1 saturated heterocycles. The number of hydrogen-bond donors (Lipinski definition) is 4. The number of likely N-dealkylation sites (tertiary alicyclic amines) is 1. The van der Waals surface area contributed by atoms with Gasteiger partial charge in [0.2, 0.25) is 11.8 Å². The Morgan fingerprint density at radius 2 is 1.79 bits per heavy atom. The number of primary amides is 1. The molecular weight excluding hydrogens is 542 g/mol. The van der Waals surface area contributed by atoms with Gasteiger partial charge in [-0.2, -0.15) is 10.4 Å². The molecule has 2 aromatic carbocycles. The number of nitrogens with two attached hydrogens (primary N) is 3. The highest BCUT2D eigenvalue weighted by Gasteiger charge is 2.54. The molecule has 0 bridgehead atoms. The third-order valence-corrected chi connectivity index (χ3v) is 9.09. The molecule has 5 rings (SSSR count). The van der Waals surface area contributed by atoms with Crippen molar-refractivity contribution in [3.8, 4) is 6.07 Å². The van der Waals surface area contributed by atoms with Gasteiger partial charge in [-0.3, -0.25) is 14.6 Å². The molecule has 7 N–H and O–H groups in total. The third kappa shape index (κ3) is 5.40. The molecule has 2 amide bonds. The van der Waals surface area contributed by atoms with Crippen LogP contribution in [0.1, 0.15) is 64.4 Å². The van der Waals surface area contributed by atoms with E-state index < -0.39 is 11.3 Å². The Balaban J connectivity index is 1.61. The number of carbonyl (C=O) groups excluding carboxylic acids is 2. The highest BCUT2D eigenvalue weighted by Crippen LogP contribution is 2.48. The lowest BCUT2D eigenvalue weighted by Crippen LogP contribution is -2.53. The monoisotopic (exact) mass is 581 g/mol. The summed E-state index contributed by atoms with van der Waals surface area (Å²) in [6.45, 7) is 9.65. The van der Waals surface area contributed by atoms with Gasteiger partial charge >= 0.3 is 0 Å². The van der Waals surface area contributed by atoms with Gasteiger partial charge < -0.3 is 21.7 Å². The number of piperidine rings is 1. The maximum Gasteiger partial charge on any atom is 0.248 e. The van der Waals surface area contributed by atoms with Crippen LogP contribution in [-0.4, -0.2) is 66.0 Å². The van der Waals surface area contributed by atoms with Crippen molar-refractivity contribution in [1.29, 1.82) is 5.26 Å². The van der Waals surface area contributed by atoms with Gasteiger partial charge in [0.05, 0.1) is 18.0 Å². The number of amides is 2. The van der Waals surface area contributed by atoms with Crippen LogP contribution in [0.3, 0.4) is 0 Å². The van der Waals surface area contributed by atoms with Crippen molar-refractivity contribution >= 4 is 30.1 Å². The Morgan fingerprint density at radius 3 is 2.35 bits per heavy atom. The van der Waals surface area contributed by atoms with Gasteiger partial charge in [-0.05, 0) is 91.0 Å². The molecule has 43 heavy (non-hydrogen) atoms. The Bertz CT molecular complexity index is 1490. The lowest BCUT2D eigenvalue weighted by molar-refractivity contribution is -0.131. The molecule has 11 nitrogen and oxygen atoms in total. The highest BCUT2D eigenvalue weighted by atomic mass is 16.2. The number of rotatable bonds is 9. The molecule has 1 aliphatic heterocycles. The lowest BCUT2D eigenvalue weighted by Gasteiger charge is -2.41. The van der Waals surface area contributed by atoms with Gasteiger partial charge in [0.1, 0.15) is 6.04 Å². The number of fused-ring (bicyclic) bond motifs is 3. The fraction of sp³-hybridized carbons (Fsp3) is 0.406. The van der Waals surface area contributed by atoms with Gasteiger partial charge in [-0.1, -0.05) is 24.8 Å². The molecule has 0 radical (unpaired) electrons. The molecule has 0 aromatic heterocycles. The Hall–Kier alpha value is -4.53. The number of nitrogens with zero attached hydrogens (tertiary/aromatic N) is 5. The first-order valence-corrected chi connectivity index (χ1v) is 14.5. The molecule has 2 aromatic rings. The number of carbonyl (C=O) groups is 2. The second-order valence-electron chi connectivity index (χ2n) is 11.9. The second-order valence-corrected chi connectivity index (χ2v) is 11.9. The number of benzene rings is 2. The molecule has 1 heterocycles. The third-order valence-electron chi connectivity index (χ3n) is 9.09. The summed E-state index contributed by atoms with van der Waals surface area (Å²) < 4.78 is 0. The van der Waals surface area contributed by atoms with Gasteiger partial charge in [-0.15, -0.1) is 5.10 Å². The van der Waals surface area contributed by atoms with E-state index in [1.54, 1.807) is 18.0 Å². The predicted octanol–water partition coefficient (Wildman–Crippen LogP) is 1.80. The average molecular weight is 582 g/mol. The first-order chi connectivity index (χ1) is 20.5. The summed E-state index contributed by atoms with van der Waals surface area (Å²) in [6.07, 6.45) is 3.44. The van der Waals surface area contributed by atoms with E-state index in [-0.39, 0.29) is 30.6 Å². The Labute approximate surface area is 252 Å². The number of aryl methyl sites for hydroxylation is 2. The molecule has 2 aliphatic carbocycles. The van der Waals surface area contributed by atoms with Crippen molar-refractivity contribution in [2.45, 2.75) is 62.6 Å². The molecule has 224 valence electrons. The Kier molecular flexibility index (Phi) is 8.10. The summed E-state index contributed by atoms with van der Waals surface area (Å²) in [4.78, 5) is 27.2. The van der Waals surface area contributed by atoms with Crippen LogP contribution in [-0.2, 0) is 23.1 Å². The van der Waals surface area contributed by atoms with Crippen molar-refractivity contribution in [2.75, 3.05) is 13.6 Å². The SMILES string of the molecule is C=N/N=C(\N(C)N)C1(C[C@@H](C)NCC(=O)N2[C@H](C#N)C[C@@H]3C[C@@H]32)c2ccc(C(=C)N)cc2CCc2cc(C(N)=O)ccc21. The van der Waals surface area contributed by atoms with E-state index in [2.05, 4.69) is 34.9 Å². The van der Waals surface area contributed by atoms with Crippen LogP contribution in [0.25, 0.3) is 5.70 Å². The van der Waals surface area contributed by atoms with Gasteiger partial charge in [0.25, 0.3) is 0 Å². The molecule has 1 unspecified atom stereocenters. The van der Waals surface area contributed by atoms with Crippen LogP contribution >= 0.6 is 0 Å². The molecule has 0 spiro atoms. The minimum absolute atomic E-state index is 0.0751. The molecule has 2 fully saturated rings. The van der Waals surface area contributed by atoms with Crippen LogP contribution in [0, 0.1) is 17.2 Å². The molecule has 11 heteroatoms. The maximum absolute atomic E-state index is 13.3. The van der Waals surface area contributed by atoms with Crippen molar-refractivity contribution in [3.63, 3.8) is 0 Å². The smallest absolute Gasteiger partial charge is 0.248 e. The van der Waals surface area contributed by atoms with E-state index in [1.807, 2.05) is 37.3 Å². The van der Waals surface area contributed by atoms with Crippen LogP contribution in [0.15, 0.2) is 53.2 Å². The van der Waals surface area contributed by atoms with Crippen LogP contribution in [0.5, 0.6) is 0 Å². The summed E-state index contributed by atoms with van der Waals surface area (Å²) in [5.74, 6) is 6.79. The molecular formula is C32H39N9O2. The average Bonchev–Trinajstić information content (AvgIpc) is 3.67. The standard InChI is InChI=1S/C32H39N9O2/c1-18(38-17-29(42)41-25(16-33)13-24-14-28(24)41)15-32(31(39-37-3)40(4)36)26-9-7-20(19(2)34)11-21(26)5-6-22-12-23(30(35)43)8-10-27(22)32/h7-12,18,24-25,28,38H,2-3,5-6,13-15,17,34,36H2,1,4H3,(H2,35,43)/b39-31-/t18-,24-,25+,28+,32?/m1/s1. The van der Waals surface area contributed by atoms with E-state index in [9.17, 15) is 14.9 Å². The van der Waals surface area contributed by atoms with Crippen LogP contribution < -0.4 is 22.6 Å².